The second kappa shape index (κ2) is 8.23. The number of fused-ring (bicyclic) bond motifs is 1. The average molecular weight is 518 g/mol. The number of hydrogen-bond donors (Lipinski definition) is 1. The Morgan fingerprint density at radius 1 is 0.839 bits per heavy atom. The number of rotatable bonds is 4. The second-order valence-corrected chi connectivity index (χ2v) is 7.92. The van der Waals surface area contributed by atoms with Crippen molar-refractivity contribution in [2.45, 2.75) is 0 Å². The second-order valence-electron chi connectivity index (χ2n) is 6.76. The normalized spacial score (nSPS) is 10.9. The van der Waals surface area contributed by atoms with E-state index in [1.807, 2.05) is 72.8 Å². The summed E-state index contributed by atoms with van der Waals surface area (Å²) in [6.07, 6.45) is 3.42. The molecule has 0 aliphatic rings. The molecule has 0 atom stereocenters. The van der Waals surface area contributed by atoms with Crippen molar-refractivity contribution in [3.8, 4) is 22.6 Å². The van der Waals surface area contributed by atoms with Gasteiger partial charge in [-0.05, 0) is 71.1 Å². The number of amides is 1. The van der Waals surface area contributed by atoms with E-state index in [9.17, 15) is 4.79 Å². The van der Waals surface area contributed by atoms with Gasteiger partial charge >= 0.3 is 0 Å². The minimum Gasteiger partial charge on any atom is -0.322 e. The zero-order chi connectivity index (χ0) is 21.2. The molecule has 2 aromatic carbocycles. The number of benzene rings is 2. The average Bonchev–Trinajstić information content (AvgIpc) is 3.24. The van der Waals surface area contributed by atoms with Gasteiger partial charge in [0.2, 0.25) is 0 Å². The van der Waals surface area contributed by atoms with Crippen LogP contribution in [0, 0.1) is 3.57 Å². The van der Waals surface area contributed by atoms with Crippen molar-refractivity contribution in [2.75, 3.05) is 5.32 Å². The monoisotopic (exact) mass is 518 g/mol. The number of nitrogens with one attached hydrogen (secondary N) is 1. The molecule has 7 nitrogen and oxygen atoms in total. The molecule has 1 N–H and O–H groups in total. The molecule has 0 aliphatic heterocycles. The van der Waals surface area contributed by atoms with Crippen LogP contribution in [0.3, 0.4) is 0 Å². The maximum atomic E-state index is 12.5. The van der Waals surface area contributed by atoms with E-state index >= 15 is 0 Å². The third-order valence-corrected chi connectivity index (χ3v) is 5.70. The summed E-state index contributed by atoms with van der Waals surface area (Å²) < 4.78 is 2.63. The molecule has 150 valence electrons. The van der Waals surface area contributed by atoms with Gasteiger partial charge in [0, 0.05) is 32.8 Å². The molecule has 3 aromatic heterocycles. The Morgan fingerprint density at radius 2 is 1.61 bits per heavy atom. The fraction of sp³-hybridized carbons (Fsp3) is 0. The van der Waals surface area contributed by atoms with E-state index in [1.54, 1.807) is 16.9 Å². The number of carbonyl (C=O) groups is 1. The van der Waals surface area contributed by atoms with Crippen molar-refractivity contribution in [1.29, 1.82) is 0 Å². The Kier molecular flexibility index (Phi) is 5.13. The smallest absolute Gasteiger partial charge is 0.256 e. The molecule has 0 saturated heterocycles. The molecule has 1 amide bonds. The summed E-state index contributed by atoms with van der Waals surface area (Å²) in [6.45, 7) is 0. The van der Waals surface area contributed by atoms with E-state index in [4.69, 9.17) is 5.10 Å². The Hall–Kier alpha value is -3.66. The fourth-order valence-corrected chi connectivity index (χ4v) is 3.82. The maximum absolute atomic E-state index is 12.5. The van der Waals surface area contributed by atoms with Crippen molar-refractivity contribution in [3.05, 3.63) is 94.3 Å². The standard InChI is InChI=1S/C23H15IN6O/c24-19-4-2-1-3-18(19)23(31)26-17-7-5-15(6-8-17)20-9-10-21-27-28-22(30(21)29-20)16-11-13-25-14-12-16/h1-14H,(H,26,31). The molecule has 0 saturated carbocycles. The highest BCUT2D eigenvalue weighted by Crippen LogP contribution is 2.23. The van der Waals surface area contributed by atoms with E-state index in [1.165, 1.54) is 0 Å². The third-order valence-electron chi connectivity index (χ3n) is 4.76. The summed E-state index contributed by atoms with van der Waals surface area (Å²) >= 11 is 2.16. The Morgan fingerprint density at radius 3 is 2.39 bits per heavy atom. The molecular formula is C23H15IN6O. The van der Waals surface area contributed by atoms with E-state index in [2.05, 4.69) is 43.1 Å². The molecule has 31 heavy (non-hydrogen) atoms. The highest BCUT2D eigenvalue weighted by molar-refractivity contribution is 14.1. The summed E-state index contributed by atoms with van der Waals surface area (Å²) in [5.41, 5.74) is 4.62. The SMILES string of the molecule is O=C(Nc1ccc(-c2ccc3nnc(-c4ccncc4)n3n2)cc1)c1ccccc1I. The molecule has 0 unspecified atom stereocenters. The van der Waals surface area contributed by atoms with Gasteiger partial charge in [-0.2, -0.15) is 9.61 Å². The highest BCUT2D eigenvalue weighted by Gasteiger charge is 2.12. The van der Waals surface area contributed by atoms with Gasteiger partial charge in [-0.15, -0.1) is 10.2 Å². The van der Waals surface area contributed by atoms with Crippen LogP contribution in [0.15, 0.2) is 85.2 Å². The summed E-state index contributed by atoms with van der Waals surface area (Å²) in [7, 11) is 0. The van der Waals surface area contributed by atoms with E-state index in [0.717, 1.165) is 26.1 Å². The van der Waals surface area contributed by atoms with Crippen LogP contribution in [0.1, 0.15) is 10.4 Å². The number of anilines is 1. The molecule has 3 heterocycles. The molecule has 0 aliphatic carbocycles. The largest absolute Gasteiger partial charge is 0.322 e. The van der Waals surface area contributed by atoms with Crippen LogP contribution in [0.5, 0.6) is 0 Å². The van der Waals surface area contributed by atoms with E-state index in [0.29, 0.717) is 17.0 Å². The minimum absolute atomic E-state index is 0.135. The maximum Gasteiger partial charge on any atom is 0.256 e. The van der Waals surface area contributed by atoms with Crippen LogP contribution in [-0.2, 0) is 0 Å². The molecule has 0 radical (unpaired) electrons. The lowest BCUT2D eigenvalue weighted by atomic mass is 10.1. The number of pyridine rings is 1. The van der Waals surface area contributed by atoms with Crippen LogP contribution in [0.2, 0.25) is 0 Å². The Labute approximate surface area is 191 Å². The lowest BCUT2D eigenvalue weighted by molar-refractivity contribution is 0.102. The topological polar surface area (TPSA) is 85.1 Å². The summed E-state index contributed by atoms with van der Waals surface area (Å²) in [4.78, 5) is 16.6. The quantitative estimate of drug-likeness (QED) is 0.349. The molecule has 0 fully saturated rings. The van der Waals surface area contributed by atoms with Gasteiger partial charge < -0.3 is 5.32 Å². The van der Waals surface area contributed by atoms with Crippen molar-refractivity contribution in [3.63, 3.8) is 0 Å². The Balaban J connectivity index is 1.42. The summed E-state index contributed by atoms with van der Waals surface area (Å²) in [6, 6.07) is 22.6. The lowest BCUT2D eigenvalue weighted by Crippen LogP contribution is -2.13. The van der Waals surface area contributed by atoms with Crippen LogP contribution in [0.4, 0.5) is 5.69 Å². The predicted octanol–water partition coefficient (Wildman–Crippen LogP) is 4.71. The van der Waals surface area contributed by atoms with Gasteiger partial charge in [0.1, 0.15) is 0 Å². The number of carbonyl (C=O) groups excluding carboxylic acids is 1. The van der Waals surface area contributed by atoms with E-state index in [-0.39, 0.29) is 5.91 Å². The van der Waals surface area contributed by atoms with Gasteiger partial charge in [-0.1, -0.05) is 24.3 Å². The number of hydrogen-bond acceptors (Lipinski definition) is 5. The van der Waals surface area contributed by atoms with Crippen LogP contribution >= 0.6 is 22.6 Å². The molecular weight excluding hydrogens is 503 g/mol. The molecule has 5 rings (SSSR count). The molecule has 0 spiro atoms. The Bertz CT molecular complexity index is 1380. The van der Waals surface area contributed by atoms with Crippen molar-refractivity contribution in [1.82, 2.24) is 24.8 Å². The first-order chi connectivity index (χ1) is 15.2. The first-order valence-corrected chi connectivity index (χ1v) is 10.6. The highest BCUT2D eigenvalue weighted by atomic mass is 127. The summed E-state index contributed by atoms with van der Waals surface area (Å²) in [5.74, 6) is 0.518. The van der Waals surface area contributed by atoms with Gasteiger partial charge in [0.15, 0.2) is 11.5 Å². The van der Waals surface area contributed by atoms with Crippen LogP contribution in [0.25, 0.3) is 28.3 Å². The van der Waals surface area contributed by atoms with Crippen LogP contribution < -0.4 is 5.32 Å². The van der Waals surface area contributed by atoms with Crippen molar-refractivity contribution < 1.29 is 4.79 Å². The zero-order valence-corrected chi connectivity index (χ0v) is 18.3. The lowest BCUT2D eigenvalue weighted by Gasteiger charge is -2.08. The molecule has 8 heteroatoms. The minimum atomic E-state index is -0.135. The molecule has 5 aromatic rings. The van der Waals surface area contributed by atoms with Gasteiger partial charge in [0.25, 0.3) is 5.91 Å². The van der Waals surface area contributed by atoms with Gasteiger partial charge in [-0.3, -0.25) is 9.78 Å². The number of nitrogens with zero attached hydrogens (tertiary/aromatic N) is 5. The zero-order valence-electron chi connectivity index (χ0n) is 16.1. The van der Waals surface area contributed by atoms with E-state index < -0.39 is 0 Å². The van der Waals surface area contributed by atoms with Gasteiger partial charge in [0.05, 0.1) is 11.3 Å². The van der Waals surface area contributed by atoms with Gasteiger partial charge in [-0.25, -0.2) is 0 Å². The first kappa shape index (κ1) is 19.3. The third kappa shape index (κ3) is 3.89. The van der Waals surface area contributed by atoms with Crippen molar-refractivity contribution in [2.24, 2.45) is 0 Å². The number of aromatic nitrogens is 5. The number of halogens is 1. The predicted molar refractivity (Wildman–Crippen MR) is 127 cm³/mol. The summed E-state index contributed by atoms with van der Waals surface area (Å²) in [5, 5.41) is 16.1. The fourth-order valence-electron chi connectivity index (χ4n) is 3.19. The molecule has 0 bridgehead atoms. The van der Waals surface area contributed by atoms with Crippen molar-refractivity contribution >= 4 is 39.8 Å². The van der Waals surface area contributed by atoms with Crippen LogP contribution in [-0.4, -0.2) is 30.7 Å². The first-order valence-electron chi connectivity index (χ1n) is 9.48.